The number of fused-ring (bicyclic) bond motifs is 1. The largest absolute Gasteiger partial charge is 0.358 e. The van der Waals surface area contributed by atoms with Crippen LogP contribution in [0.25, 0.3) is 0 Å². The summed E-state index contributed by atoms with van der Waals surface area (Å²) in [6.45, 7) is 2.06. The molecule has 9 N–H and O–H groups in total. The van der Waals surface area contributed by atoms with Gasteiger partial charge in [0.25, 0.3) is 0 Å². The number of quaternary nitrogens is 1. The second-order valence-corrected chi connectivity index (χ2v) is 18.3. The molecule has 14 nitrogen and oxygen atoms in total. The van der Waals surface area contributed by atoms with Crippen molar-refractivity contribution >= 4 is 61.1 Å². The van der Waals surface area contributed by atoms with Crippen LogP contribution in [0, 0.1) is 0 Å². The zero-order valence-corrected chi connectivity index (χ0v) is 30.9. The van der Waals surface area contributed by atoms with Gasteiger partial charge in [0, 0.05) is 61.9 Å². The van der Waals surface area contributed by atoms with Crippen molar-refractivity contribution < 1.29 is 38.1 Å². The molecule has 0 radical (unpaired) electrons. The summed E-state index contributed by atoms with van der Waals surface area (Å²) in [4.78, 5) is 61.0. The molecule has 2 saturated heterocycles. The van der Waals surface area contributed by atoms with Gasteiger partial charge in [0.05, 0.1) is 18.6 Å². The monoisotopic (exact) mass is 736 g/mol. The van der Waals surface area contributed by atoms with E-state index in [0.29, 0.717) is 56.9 Å². The quantitative estimate of drug-likeness (QED) is 0.0359. The molecule has 276 valence electrons. The Balaban J connectivity index is 1.50. The topological polar surface area (TPSA) is 219 Å². The highest BCUT2D eigenvalue weighted by atomic mass is 33.1. The van der Waals surface area contributed by atoms with Gasteiger partial charge in [-0.2, -0.15) is 11.8 Å². The van der Waals surface area contributed by atoms with Crippen LogP contribution in [0.5, 0.6) is 0 Å². The van der Waals surface area contributed by atoms with Gasteiger partial charge in [-0.1, -0.05) is 12.8 Å². The molecule has 0 aliphatic carbocycles. The lowest BCUT2D eigenvalue weighted by Crippen LogP contribution is -2.50. The molecule has 4 atom stereocenters. The second-order valence-electron chi connectivity index (χ2n) is 12.5. The van der Waals surface area contributed by atoms with Gasteiger partial charge in [-0.25, -0.2) is 13.2 Å². The summed E-state index contributed by atoms with van der Waals surface area (Å²) in [5.41, 5.74) is 3.80. The summed E-state index contributed by atoms with van der Waals surface area (Å²) >= 11 is 1.89. The summed E-state index contributed by atoms with van der Waals surface area (Å²) < 4.78 is 22.6. The molecule has 0 spiro atoms. The summed E-state index contributed by atoms with van der Waals surface area (Å²) in [6.07, 6.45) is 11.8. The number of carbonyl (C=O) groups is 5. The smallest absolute Gasteiger partial charge is 0.315 e. The average molecular weight is 737 g/mol. The number of nitrogens with one attached hydrogen (secondary N) is 6. The van der Waals surface area contributed by atoms with Gasteiger partial charge >= 0.3 is 6.03 Å². The Bertz CT molecular complexity index is 1130. The fraction of sp³-hybridized carbons (Fsp3) is 0.839. The third-order valence-electron chi connectivity index (χ3n) is 8.23. The Hall–Kier alpha value is -2.24. The summed E-state index contributed by atoms with van der Waals surface area (Å²) in [5.74, 6) is 0.649. The molecule has 0 bridgehead atoms. The minimum atomic E-state index is -3.19. The highest BCUT2D eigenvalue weighted by Crippen LogP contribution is 2.33. The predicted molar refractivity (Wildman–Crippen MR) is 191 cm³/mol. The van der Waals surface area contributed by atoms with Gasteiger partial charge in [-0.15, -0.1) is 0 Å². The first kappa shape index (κ1) is 41.9. The second kappa shape index (κ2) is 24.0. The Morgan fingerprint density at radius 2 is 1.46 bits per heavy atom. The molecule has 2 rings (SSSR count). The highest BCUT2D eigenvalue weighted by molar-refractivity contribution is 8.71. The van der Waals surface area contributed by atoms with Crippen LogP contribution in [0.4, 0.5) is 4.79 Å². The van der Waals surface area contributed by atoms with Crippen LogP contribution < -0.4 is 37.6 Å². The number of amides is 6. The minimum absolute atomic E-state index is 0.0352. The molecule has 48 heavy (non-hydrogen) atoms. The zero-order valence-electron chi connectivity index (χ0n) is 28.4. The van der Waals surface area contributed by atoms with Gasteiger partial charge in [0.15, 0.2) is 8.87 Å². The summed E-state index contributed by atoms with van der Waals surface area (Å²) in [6, 6.07) is -0.366. The lowest BCUT2D eigenvalue weighted by Gasteiger charge is -2.18. The van der Waals surface area contributed by atoms with E-state index in [1.165, 1.54) is 0 Å². The molecule has 6 amide bonds. The maximum absolute atomic E-state index is 12.7. The van der Waals surface area contributed by atoms with Crippen LogP contribution in [0.2, 0.25) is 0 Å². The average Bonchev–Trinajstić information content (AvgIpc) is 3.59. The Morgan fingerprint density at radius 3 is 2.12 bits per heavy atom. The van der Waals surface area contributed by atoms with E-state index in [2.05, 4.69) is 37.6 Å². The van der Waals surface area contributed by atoms with Crippen molar-refractivity contribution in [1.82, 2.24) is 31.9 Å². The molecule has 2 fully saturated rings. The Labute approximate surface area is 293 Å². The maximum atomic E-state index is 12.7. The first-order valence-electron chi connectivity index (χ1n) is 17.4. The number of unbranched alkanes of at least 4 members (excludes halogenated alkanes) is 6. The summed E-state index contributed by atoms with van der Waals surface area (Å²) in [7, 11) is -2.43. The van der Waals surface area contributed by atoms with E-state index in [4.69, 9.17) is 0 Å². The lowest BCUT2D eigenvalue weighted by molar-refractivity contribution is -0.368. The van der Waals surface area contributed by atoms with E-state index >= 15 is 0 Å². The fourth-order valence-electron chi connectivity index (χ4n) is 5.63. The number of rotatable bonds is 27. The molecule has 0 aromatic carbocycles. The molecule has 17 heteroatoms. The standard InChI is InChI=1S/C31H57N7O7S3/c1-48(44,45)47-21-20-35-30(42)23(36-28(41)16-4-2-9-17-32)12-8-11-19-34-26(39)14-5-3-10-18-33-27(40)15-7-6-13-25-29-24(22-46-25)37-31(43)38-29/h23-25,29H,2-22,32H2,1H3,(H,33,40)(H,34,39)(H,35,42)(H,36,41)(H2,37,38,43)/p+1. The third-order valence-corrected chi connectivity index (χ3v) is 12.3. The lowest BCUT2D eigenvalue weighted by atomic mass is 10.0. The molecule has 4 unspecified atom stereocenters. The number of thioether (sulfide) groups is 1. The zero-order chi connectivity index (χ0) is 35.2. The van der Waals surface area contributed by atoms with Crippen LogP contribution in [0.3, 0.4) is 0 Å². The van der Waals surface area contributed by atoms with E-state index in [1.54, 1.807) is 0 Å². The first-order chi connectivity index (χ1) is 23.0. The first-order valence-corrected chi connectivity index (χ1v) is 21.9. The van der Waals surface area contributed by atoms with Crippen LogP contribution in [-0.2, 0) is 28.0 Å². The SMILES string of the molecule is CS(=O)(=O)SCCNC(=O)C(CCCCNC(=O)CCCCCNC(=O)CCCCC1SCC2NC(=O)NC21)NC(=O)CCCCC[NH3+]. The number of urea groups is 1. The van der Waals surface area contributed by atoms with Gasteiger partial charge in [0.1, 0.15) is 6.04 Å². The van der Waals surface area contributed by atoms with Crippen LogP contribution in [-0.4, -0.2) is 105 Å². The summed E-state index contributed by atoms with van der Waals surface area (Å²) in [5, 5.41) is 17.8. The minimum Gasteiger partial charge on any atom is -0.358 e. The van der Waals surface area contributed by atoms with Crippen LogP contribution in [0.1, 0.15) is 96.3 Å². The Kier molecular flexibility index (Phi) is 21.0. The van der Waals surface area contributed by atoms with Crippen LogP contribution in [0.15, 0.2) is 0 Å². The van der Waals surface area contributed by atoms with Crippen molar-refractivity contribution in [1.29, 1.82) is 0 Å². The van der Waals surface area contributed by atoms with Crippen molar-refractivity contribution in [3.63, 3.8) is 0 Å². The molecule has 2 aliphatic rings. The van der Waals surface area contributed by atoms with Crippen molar-refractivity contribution in [3.8, 4) is 0 Å². The normalized spacial score (nSPS) is 19.1. The van der Waals surface area contributed by atoms with Gasteiger partial charge in [-0.05, 0) is 75.0 Å². The molecule has 0 saturated carbocycles. The van der Waals surface area contributed by atoms with Crippen molar-refractivity contribution in [2.45, 2.75) is 120 Å². The van der Waals surface area contributed by atoms with Crippen molar-refractivity contribution in [2.24, 2.45) is 0 Å². The molecular formula is C31H58N7O7S3+. The molecule has 2 aliphatic heterocycles. The third kappa shape index (κ3) is 19.1. The van der Waals surface area contributed by atoms with Gasteiger partial charge in [0.2, 0.25) is 23.6 Å². The molecule has 0 aromatic heterocycles. The van der Waals surface area contributed by atoms with E-state index in [0.717, 1.165) is 87.1 Å². The van der Waals surface area contributed by atoms with E-state index < -0.39 is 14.9 Å². The fourth-order valence-corrected chi connectivity index (χ4v) is 8.82. The number of hydrogen-bond acceptors (Lipinski definition) is 9. The van der Waals surface area contributed by atoms with E-state index in [-0.39, 0.29) is 54.0 Å². The maximum Gasteiger partial charge on any atom is 0.315 e. The highest BCUT2D eigenvalue weighted by Gasteiger charge is 2.42. The van der Waals surface area contributed by atoms with Crippen molar-refractivity contribution in [3.05, 3.63) is 0 Å². The number of carbonyl (C=O) groups excluding carboxylic acids is 5. The van der Waals surface area contributed by atoms with Gasteiger partial charge < -0.3 is 37.6 Å². The Morgan fingerprint density at radius 1 is 0.833 bits per heavy atom. The van der Waals surface area contributed by atoms with Crippen molar-refractivity contribution in [2.75, 3.05) is 43.9 Å². The molecular weight excluding hydrogens is 679 g/mol. The van der Waals surface area contributed by atoms with Gasteiger partial charge in [-0.3, -0.25) is 19.2 Å². The molecule has 2 heterocycles. The van der Waals surface area contributed by atoms with E-state index in [1.807, 2.05) is 11.8 Å². The predicted octanol–water partition coefficient (Wildman–Crippen LogP) is 0.771. The molecule has 0 aromatic rings. The van der Waals surface area contributed by atoms with E-state index in [9.17, 15) is 32.4 Å². The van der Waals surface area contributed by atoms with Crippen LogP contribution >= 0.6 is 22.6 Å². The number of hydrogen-bond donors (Lipinski definition) is 7.